The number of hydrogen-bond donors (Lipinski definition) is 2. The number of anilines is 1. The van der Waals surface area contributed by atoms with Gasteiger partial charge in [0, 0.05) is 25.0 Å². The summed E-state index contributed by atoms with van der Waals surface area (Å²) in [4.78, 5) is 12.3. The average molecular weight is 401 g/mol. The highest BCUT2D eigenvalue weighted by atomic mass is 32.2. The zero-order valence-corrected chi connectivity index (χ0v) is 17.0. The molecule has 0 spiro atoms. The lowest BCUT2D eigenvalue weighted by atomic mass is 9.98. The van der Waals surface area contributed by atoms with Gasteiger partial charge in [-0.1, -0.05) is 19.3 Å². The van der Waals surface area contributed by atoms with E-state index in [1.807, 2.05) is 6.26 Å². The normalized spacial score (nSPS) is 15.8. The second kappa shape index (κ2) is 10.3. The van der Waals surface area contributed by atoms with Crippen LogP contribution in [0.5, 0.6) is 0 Å². The summed E-state index contributed by atoms with van der Waals surface area (Å²) in [5, 5.41) is 2.68. The van der Waals surface area contributed by atoms with Crippen molar-refractivity contribution in [3.05, 3.63) is 18.2 Å². The van der Waals surface area contributed by atoms with Crippen LogP contribution >= 0.6 is 11.8 Å². The van der Waals surface area contributed by atoms with Crippen LogP contribution in [0.4, 0.5) is 5.69 Å². The second-order valence-electron chi connectivity index (χ2n) is 6.43. The van der Waals surface area contributed by atoms with Crippen molar-refractivity contribution >= 4 is 33.4 Å². The maximum atomic E-state index is 12.5. The molecule has 1 fully saturated rings. The summed E-state index contributed by atoms with van der Waals surface area (Å²) in [6.45, 7) is 2.29. The third-order valence-corrected chi connectivity index (χ3v) is 6.57. The van der Waals surface area contributed by atoms with Crippen molar-refractivity contribution in [2.75, 3.05) is 24.7 Å². The van der Waals surface area contributed by atoms with Crippen molar-refractivity contribution < 1.29 is 17.9 Å². The van der Waals surface area contributed by atoms with Crippen molar-refractivity contribution in [3.63, 3.8) is 0 Å². The molecule has 6 nitrogen and oxygen atoms in total. The molecule has 1 aromatic rings. The highest BCUT2D eigenvalue weighted by Crippen LogP contribution is 2.28. The number of amides is 1. The van der Waals surface area contributed by atoms with Gasteiger partial charge in [0.1, 0.15) is 0 Å². The number of ether oxygens (including phenoxy) is 1. The molecule has 8 heteroatoms. The summed E-state index contributed by atoms with van der Waals surface area (Å²) in [5.41, 5.74) is 0.508. The van der Waals surface area contributed by atoms with Crippen LogP contribution in [0.3, 0.4) is 0 Å². The van der Waals surface area contributed by atoms with Crippen LogP contribution in [0.1, 0.15) is 45.4 Å². The van der Waals surface area contributed by atoms with Gasteiger partial charge in [-0.25, -0.2) is 13.1 Å². The standard InChI is InChI=1S/C18H28N2O4S2/c1-14(21)20-17-13-16(9-10-18(17)25-2)26(22,23)19-11-6-12-24-15-7-4-3-5-8-15/h9-10,13,15,19H,3-8,11-12H2,1-2H3,(H,20,21). The summed E-state index contributed by atoms with van der Waals surface area (Å²) >= 11 is 1.45. The molecule has 1 aliphatic carbocycles. The van der Waals surface area contributed by atoms with E-state index in [-0.39, 0.29) is 10.8 Å². The van der Waals surface area contributed by atoms with Gasteiger partial charge in [0.25, 0.3) is 0 Å². The number of hydrogen-bond acceptors (Lipinski definition) is 5. The molecule has 0 heterocycles. The van der Waals surface area contributed by atoms with E-state index in [4.69, 9.17) is 4.74 Å². The maximum Gasteiger partial charge on any atom is 0.240 e. The first-order valence-electron chi connectivity index (χ1n) is 8.99. The first-order chi connectivity index (χ1) is 12.4. The number of sulfonamides is 1. The number of benzene rings is 1. The van der Waals surface area contributed by atoms with Crippen molar-refractivity contribution in [2.24, 2.45) is 0 Å². The number of carbonyl (C=O) groups excluding carboxylic acids is 1. The van der Waals surface area contributed by atoms with E-state index in [2.05, 4.69) is 10.0 Å². The quantitative estimate of drug-likeness (QED) is 0.490. The highest BCUT2D eigenvalue weighted by Gasteiger charge is 2.17. The van der Waals surface area contributed by atoms with Crippen LogP contribution in [0.15, 0.2) is 28.0 Å². The molecule has 1 amide bonds. The molecule has 0 atom stereocenters. The molecule has 1 aromatic carbocycles. The van der Waals surface area contributed by atoms with Crippen LogP contribution < -0.4 is 10.0 Å². The third-order valence-electron chi connectivity index (χ3n) is 4.31. The Bertz CT molecular complexity index is 701. The Morgan fingerprint density at radius 1 is 1.27 bits per heavy atom. The van der Waals surface area contributed by atoms with E-state index in [0.29, 0.717) is 31.4 Å². The Hall–Kier alpha value is -1.09. The van der Waals surface area contributed by atoms with Crippen molar-refractivity contribution in [1.82, 2.24) is 4.72 Å². The number of thioether (sulfide) groups is 1. The van der Waals surface area contributed by atoms with Crippen LogP contribution in [0, 0.1) is 0 Å². The Morgan fingerprint density at radius 3 is 2.65 bits per heavy atom. The van der Waals surface area contributed by atoms with Crippen molar-refractivity contribution in [3.8, 4) is 0 Å². The molecule has 0 saturated heterocycles. The SMILES string of the molecule is CSc1ccc(S(=O)(=O)NCCCOC2CCCCC2)cc1NC(C)=O. The molecule has 2 N–H and O–H groups in total. The largest absolute Gasteiger partial charge is 0.378 e. The van der Waals surface area contributed by atoms with Gasteiger partial charge in [-0.2, -0.15) is 0 Å². The molecule has 1 aliphatic rings. The molecule has 0 aliphatic heterocycles. The third kappa shape index (κ3) is 6.57. The lowest BCUT2D eigenvalue weighted by molar-refractivity contribution is -0.114. The van der Waals surface area contributed by atoms with Crippen molar-refractivity contribution in [1.29, 1.82) is 0 Å². The number of carbonyl (C=O) groups is 1. The molecular formula is C18H28N2O4S2. The fourth-order valence-electron chi connectivity index (χ4n) is 2.99. The van der Waals surface area contributed by atoms with E-state index in [9.17, 15) is 13.2 Å². The lowest BCUT2D eigenvalue weighted by Gasteiger charge is -2.21. The first kappa shape index (κ1) is 21.2. The minimum Gasteiger partial charge on any atom is -0.378 e. The topological polar surface area (TPSA) is 84.5 Å². The Morgan fingerprint density at radius 2 is 2.00 bits per heavy atom. The van der Waals surface area contributed by atoms with E-state index in [0.717, 1.165) is 17.7 Å². The van der Waals surface area contributed by atoms with Gasteiger partial charge < -0.3 is 10.1 Å². The minimum atomic E-state index is -3.61. The minimum absolute atomic E-state index is 0.146. The summed E-state index contributed by atoms with van der Waals surface area (Å²) in [6.07, 6.45) is 8.80. The first-order valence-corrected chi connectivity index (χ1v) is 11.7. The molecule has 2 rings (SSSR count). The number of nitrogens with one attached hydrogen (secondary N) is 2. The maximum absolute atomic E-state index is 12.5. The van der Waals surface area contributed by atoms with Crippen LogP contribution in [-0.2, 0) is 19.6 Å². The molecule has 0 unspecified atom stereocenters. The van der Waals surface area contributed by atoms with E-state index >= 15 is 0 Å². The smallest absolute Gasteiger partial charge is 0.240 e. The second-order valence-corrected chi connectivity index (χ2v) is 9.04. The van der Waals surface area contributed by atoms with Gasteiger partial charge in [0.2, 0.25) is 15.9 Å². The Kier molecular flexibility index (Phi) is 8.40. The van der Waals surface area contributed by atoms with Gasteiger partial charge in [0.05, 0.1) is 16.7 Å². The van der Waals surface area contributed by atoms with Crippen LogP contribution in [0.2, 0.25) is 0 Å². The fraction of sp³-hybridized carbons (Fsp3) is 0.611. The molecule has 0 bridgehead atoms. The average Bonchev–Trinajstić information content (AvgIpc) is 2.61. The lowest BCUT2D eigenvalue weighted by Crippen LogP contribution is -2.26. The van der Waals surface area contributed by atoms with Crippen LogP contribution in [0.25, 0.3) is 0 Å². The van der Waals surface area contributed by atoms with Gasteiger partial charge in [0.15, 0.2) is 0 Å². The predicted octanol–water partition coefficient (Wildman–Crippen LogP) is 3.38. The van der Waals surface area contributed by atoms with Gasteiger partial charge >= 0.3 is 0 Å². The molecule has 0 aromatic heterocycles. The van der Waals surface area contributed by atoms with Gasteiger partial charge in [-0.3, -0.25) is 4.79 Å². The molecule has 26 heavy (non-hydrogen) atoms. The Balaban J connectivity index is 1.87. The Labute approximate surface area is 160 Å². The van der Waals surface area contributed by atoms with Gasteiger partial charge in [-0.15, -0.1) is 11.8 Å². The van der Waals surface area contributed by atoms with Crippen molar-refractivity contribution in [2.45, 2.75) is 61.3 Å². The zero-order chi connectivity index (χ0) is 19.0. The van der Waals surface area contributed by atoms with Gasteiger partial charge in [-0.05, 0) is 43.7 Å². The molecule has 146 valence electrons. The highest BCUT2D eigenvalue weighted by molar-refractivity contribution is 7.98. The zero-order valence-electron chi connectivity index (χ0n) is 15.4. The number of rotatable bonds is 9. The summed E-state index contributed by atoms with van der Waals surface area (Å²) in [7, 11) is -3.61. The fourth-order valence-corrected chi connectivity index (χ4v) is 4.62. The summed E-state index contributed by atoms with van der Waals surface area (Å²) in [6, 6.07) is 4.75. The summed E-state index contributed by atoms with van der Waals surface area (Å²) in [5.74, 6) is -0.234. The van der Waals surface area contributed by atoms with Crippen LogP contribution in [-0.4, -0.2) is 39.8 Å². The predicted molar refractivity (Wildman–Crippen MR) is 105 cm³/mol. The van der Waals surface area contributed by atoms with E-state index in [1.54, 1.807) is 12.1 Å². The van der Waals surface area contributed by atoms with E-state index in [1.165, 1.54) is 44.0 Å². The molecule has 1 saturated carbocycles. The molecule has 0 radical (unpaired) electrons. The monoisotopic (exact) mass is 400 g/mol. The molecular weight excluding hydrogens is 372 g/mol. The van der Waals surface area contributed by atoms with E-state index < -0.39 is 10.0 Å². The summed E-state index contributed by atoms with van der Waals surface area (Å²) < 4.78 is 33.3.